The van der Waals surface area contributed by atoms with Crippen molar-refractivity contribution in [3.05, 3.63) is 94.0 Å². The number of nitrogens with one attached hydrogen (secondary N) is 1. The molecule has 0 fully saturated rings. The molecule has 0 spiro atoms. The molecule has 1 N–H and O–H groups in total. The molecule has 4 aromatic rings. The number of nitrogens with zero attached hydrogens (tertiary/aromatic N) is 2. The molecule has 1 amide bonds. The number of fused-ring (bicyclic) bond motifs is 1. The minimum Gasteiger partial charge on any atom is -0.497 e. The summed E-state index contributed by atoms with van der Waals surface area (Å²) in [6.07, 6.45) is 0.570. The lowest BCUT2D eigenvalue weighted by atomic mass is 10.1. The number of rotatable bonds is 9. The molecule has 0 aliphatic carbocycles. The van der Waals surface area contributed by atoms with Crippen molar-refractivity contribution in [2.75, 3.05) is 27.9 Å². The summed E-state index contributed by atoms with van der Waals surface area (Å²) < 4.78 is 15.9. The number of para-hydroxylation sites is 1. The Labute approximate surface area is 203 Å². The number of H-pyrrole nitrogens is 1. The Bertz CT molecular complexity index is 1380. The summed E-state index contributed by atoms with van der Waals surface area (Å²) >= 11 is 0. The van der Waals surface area contributed by atoms with Gasteiger partial charge in [0.1, 0.15) is 11.6 Å². The highest BCUT2D eigenvalue weighted by molar-refractivity contribution is 5.94. The minimum absolute atomic E-state index is 0.151. The molecular formula is C27H27N3O5. The Morgan fingerprint density at radius 3 is 2.37 bits per heavy atom. The second kappa shape index (κ2) is 10.7. The molecule has 1 heterocycles. The van der Waals surface area contributed by atoms with E-state index in [2.05, 4.69) is 9.97 Å². The monoisotopic (exact) mass is 473 g/mol. The zero-order chi connectivity index (χ0) is 24.8. The lowest BCUT2D eigenvalue weighted by molar-refractivity contribution is 0.0740. The second-order valence-corrected chi connectivity index (χ2v) is 7.92. The number of carbonyl (C=O) groups is 1. The Kier molecular flexibility index (Phi) is 7.30. The van der Waals surface area contributed by atoms with Crippen molar-refractivity contribution in [1.82, 2.24) is 14.9 Å². The predicted molar refractivity (Wildman–Crippen MR) is 133 cm³/mol. The van der Waals surface area contributed by atoms with Gasteiger partial charge in [-0.3, -0.25) is 9.59 Å². The smallest absolute Gasteiger partial charge is 0.258 e. The van der Waals surface area contributed by atoms with Crippen LogP contribution in [0.5, 0.6) is 17.2 Å². The first-order valence-electron chi connectivity index (χ1n) is 11.1. The van der Waals surface area contributed by atoms with Crippen LogP contribution >= 0.6 is 0 Å². The van der Waals surface area contributed by atoms with Gasteiger partial charge in [-0.15, -0.1) is 0 Å². The average molecular weight is 474 g/mol. The van der Waals surface area contributed by atoms with Gasteiger partial charge in [0.15, 0.2) is 11.5 Å². The van der Waals surface area contributed by atoms with E-state index in [-0.39, 0.29) is 18.0 Å². The van der Waals surface area contributed by atoms with Crippen LogP contribution in [0.3, 0.4) is 0 Å². The molecule has 0 aliphatic rings. The van der Waals surface area contributed by atoms with E-state index in [9.17, 15) is 9.59 Å². The first-order valence-corrected chi connectivity index (χ1v) is 11.1. The molecule has 180 valence electrons. The molecule has 3 aromatic carbocycles. The van der Waals surface area contributed by atoms with E-state index in [0.29, 0.717) is 52.5 Å². The van der Waals surface area contributed by atoms with Crippen molar-refractivity contribution in [3.8, 4) is 17.2 Å². The molecule has 8 heteroatoms. The molecule has 1 aromatic heterocycles. The van der Waals surface area contributed by atoms with E-state index in [0.717, 1.165) is 5.56 Å². The number of hydrogen-bond donors (Lipinski definition) is 1. The van der Waals surface area contributed by atoms with Gasteiger partial charge >= 0.3 is 0 Å². The van der Waals surface area contributed by atoms with E-state index in [1.807, 2.05) is 24.3 Å². The minimum atomic E-state index is -0.234. The number of benzene rings is 3. The standard InChI is InChI=1S/C27H27N3O5/c1-33-20-11-9-19(10-12-20)27(32)30(15-14-18-8-13-23(34-2)24(16-18)35-3)17-25-28-22-7-5-4-6-21(22)26(31)29-25/h4-13,16H,14-15,17H2,1-3H3,(H,28,29,31). The highest BCUT2D eigenvalue weighted by Gasteiger charge is 2.19. The highest BCUT2D eigenvalue weighted by atomic mass is 16.5. The molecule has 35 heavy (non-hydrogen) atoms. The predicted octanol–water partition coefficient (Wildman–Crippen LogP) is 3.83. The van der Waals surface area contributed by atoms with Crippen LogP contribution in [0.15, 0.2) is 71.5 Å². The Balaban J connectivity index is 1.62. The zero-order valence-electron chi connectivity index (χ0n) is 19.9. The van der Waals surface area contributed by atoms with Crippen molar-refractivity contribution < 1.29 is 19.0 Å². The van der Waals surface area contributed by atoms with Crippen LogP contribution < -0.4 is 19.8 Å². The van der Waals surface area contributed by atoms with Crippen LogP contribution in [0.25, 0.3) is 10.9 Å². The molecule has 4 rings (SSSR count). The highest BCUT2D eigenvalue weighted by Crippen LogP contribution is 2.28. The zero-order valence-corrected chi connectivity index (χ0v) is 19.9. The molecule has 0 aliphatic heterocycles. The van der Waals surface area contributed by atoms with Gasteiger partial charge in [0, 0.05) is 12.1 Å². The van der Waals surface area contributed by atoms with Crippen LogP contribution in [-0.2, 0) is 13.0 Å². The number of aromatic nitrogens is 2. The van der Waals surface area contributed by atoms with E-state index in [1.165, 1.54) is 0 Å². The lowest BCUT2D eigenvalue weighted by Crippen LogP contribution is -2.34. The summed E-state index contributed by atoms with van der Waals surface area (Å²) in [4.78, 5) is 35.1. The Hall–Kier alpha value is -4.33. The summed E-state index contributed by atoms with van der Waals surface area (Å²) in [5.74, 6) is 2.17. The van der Waals surface area contributed by atoms with Crippen molar-refractivity contribution >= 4 is 16.8 Å². The number of carbonyl (C=O) groups excluding carboxylic acids is 1. The average Bonchev–Trinajstić information content (AvgIpc) is 2.90. The van der Waals surface area contributed by atoms with E-state index in [1.54, 1.807) is 68.7 Å². The quantitative estimate of drug-likeness (QED) is 0.397. The summed E-state index contributed by atoms with van der Waals surface area (Å²) in [7, 11) is 4.75. The van der Waals surface area contributed by atoms with Gasteiger partial charge in [-0.25, -0.2) is 4.98 Å². The topological polar surface area (TPSA) is 93.8 Å². The molecule has 0 saturated heterocycles. The molecule has 0 saturated carbocycles. The first kappa shape index (κ1) is 23.8. The molecule has 0 radical (unpaired) electrons. The molecule has 0 unspecified atom stereocenters. The molecule has 0 atom stereocenters. The summed E-state index contributed by atoms with van der Waals surface area (Å²) in [5.41, 5.74) is 1.85. The van der Waals surface area contributed by atoms with Gasteiger partial charge in [0.2, 0.25) is 0 Å². The fourth-order valence-corrected chi connectivity index (χ4v) is 3.86. The van der Waals surface area contributed by atoms with Crippen LogP contribution in [0.2, 0.25) is 0 Å². The summed E-state index contributed by atoms with van der Waals surface area (Å²) in [6, 6.07) is 19.7. The third kappa shape index (κ3) is 5.43. The van der Waals surface area contributed by atoms with Gasteiger partial charge in [0.25, 0.3) is 11.5 Å². The normalized spacial score (nSPS) is 10.7. The molecule has 0 bridgehead atoms. The Morgan fingerprint density at radius 2 is 1.66 bits per heavy atom. The van der Waals surface area contributed by atoms with Crippen molar-refractivity contribution in [3.63, 3.8) is 0 Å². The number of methoxy groups -OCH3 is 3. The van der Waals surface area contributed by atoms with Crippen LogP contribution in [-0.4, -0.2) is 48.6 Å². The van der Waals surface area contributed by atoms with Gasteiger partial charge in [0.05, 0.1) is 38.8 Å². The van der Waals surface area contributed by atoms with Gasteiger partial charge < -0.3 is 24.1 Å². The third-order valence-electron chi connectivity index (χ3n) is 5.75. The maximum Gasteiger partial charge on any atom is 0.258 e. The molecule has 8 nitrogen and oxygen atoms in total. The number of ether oxygens (including phenoxy) is 3. The van der Waals surface area contributed by atoms with E-state index in [4.69, 9.17) is 14.2 Å². The number of amides is 1. The van der Waals surface area contributed by atoms with E-state index < -0.39 is 0 Å². The van der Waals surface area contributed by atoms with E-state index >= 15 is 0 Å². The number of hydrogen-bond acceptors (Lipinski definition) is 6. The van der Waals surface area contributed by atoms with Gasteiger partial charge in [-0.1, -0.05) is 18.2 Å². The van der Waals surface area contributed by atoms with Crippen LogP contribution in [0.1, 0.15) is 21.7 Å². The van der Waals surface area contributed by atoms with Gasteiger partial charge in [-0.05, 0) is 60.5 Å². The fourth-order valence-electron chi connectivity index (χ4n) is 3.86. The van der Waals surface area contributed by atoms with Crippen molar-refractivity contribution in [2.45, 2.75) is 13.0 Å². The SMILES string of the molecule is COc1ccc(C(=O)N(CCc2ccc(OC)c(OC)c2)Cc2nc3ccccc3c(=O)[nH]2)cc1. The largest absolute Gasteiger partial charge is 0.497 e. The fraction of sp³-hybridized carbons (Fsp3) is 0.222. The van der Waals surface area contributed by atoms with Crippen LogP contribution in [0, 0.1) is 0 Å². The third-order valence-corrected chi connectivity index (χ3v) is 5.75. The van der Waals surface area contributed by atoms with Gasteiger partial charge in [-0.2, -0.15) is 0 Å². The molecular weight excluding hydrogens is 446 g/mol. The second-order valence-electron chi connectivity index (χ2n) is 7.92. The maximum absolute atomic E-state index is 13.5. The van der Waals surface area contributed by atoms with Crippen molar-refractivity contribution in [1.29, 1.82) is 0 Å². The summed E-state index contributed by atoms with van der Waals surface area (Å²) in [5, 5.41) is 0.509. The maximum atomic E-state index is 13.5. The van der Waals surface area contributed by atoms with Crippen molar-refractivity contribution in [2.24, 2.45) is 0 Å². The number of aromatic amines is 1. The lowest BCUT2D eigenvalue weighted by Gasteiger charge is -2.23. The first-order chi connectivity index (χ1) is 17.0. The van der Waals surface area contributed by atoms with Crippen LogP contribution in [0.4, 0.5) is 0 Å². The summed E-state index contributed by atoms with van der Waals surface area (Å²) in [6.45, 7) is 0.551. The Morgan fingerprint density at radius 1 is 0.914 bits per heavy atom.